The van der Waals surface area contributed by atoms with Crippen LogP contribution in [-0.2, 0) is 5.60 Å². The highest BCUT2D eigenvalue weighted by Crippen LogP contribution is 2.32. The van der Waals surface area contributed by atoms with E-state index in [2.05, 4.69) is 4.98 Å². The zero-order valence-electron chi connectivity index (χ0n) is 11.0. The lowest BCUT2D eigenvalue weighted by atomic mass is 9.92. The first kappa shape index (κ1) is 14.0. The van der Waals surface area contributed by atoms with Crippen molar-refractivity contribution in [1.82, 2.24) is 4.98 Å². The van der Waals surface area contributed by atoms with E-state index in [1.54, 1.807) is 32.0 Å². The van der Waals surface area contributed by atoms with Crippen molar-refractivity contribution in [3.05, 3.63) is 52.4 Å². The summed E-state index contributed by atoms with van der Waals surface area (Å²) in [6, 6.07) is 7.70. The molecule has 1 heterocycles. The average Bonchev–Trinajstić information content (AvgIpc) is 2.31. The highest BCUT2D eigenvalue weighted by molar-refractivity contribution is 6.29. The van der Waals surface area contributed by atoms with Crippen LogP contribution in [0.25, 0.3) is 11.3 Å². The summed E-state index contributed by atoms with van der Waals surface area (Å²) in [7, 11) is 0. The largest absolute Gasteiger partial charge is 0.386 e. The van der Waals surface area contributed by atoms with Gasteiger partial charge < -0.3 is 5.11 Å². The molecule has 0 saturated carbocycles. The molecule has 19 heavy (non-hydrogen) atoms. The van der Waals surface area contributed by atoms with Gasteiger partial charge in [-0.05, 0) is 62.2 Å². The Morgan fingerprint density at radius 3 is 2.32 bits per heavy atom. The van der Waals surface area contributed by atoms with Crippen LogP contribution >= 0.6 is 11.6 Å². The molecule has 0 radical (unpaired) electrons. The Balaban J connectivity index is 2.64. The molecule has 0 spiro atoms. The lowest BCUT2D eigenvalue weighted by molar-refractivity contribution is 0.0779. The van der Waals surface area contributed by atoms with Gasteiger partial charge in [0.25, 0.3) is 0 Å². The van der Waals surface area contributed by atoms with Crippen LogP contribution in [0.4, 0.5) is 4.39 Å². The van der Waals surface area contributed by atoms with E-state index in [-0.39, 0.29) is 5.82 Å². The molecule has 1 aromatic carbocycles. The lowest BCUT2D eigenvalue weighted by Crippen LogP contribution is -2.18. The smallest absolute Gasteiger partial charge is 0.130 e. The first-order valence-electron chi connectivity index (χ1n) is 5.95. The van der Waals surface area contributed by atoms with E-state index in [1.165, 1.54) is 12.1 Å². The molecule has 0 bridgehead atoms. The van der Waals surface area contributed by atoms with Gasteiger partial charge in [-0.3, -0.25) is 0 Å². The molecule has 2 nitrogen and oxygen atoms in total. The number of halogens is 2. The van der Waals surface area contributed by atoms with E-state index in [0.29, 0.717) is 16.4 Å². The summed E-state index contributed by atoms with van der Waals surface area (Å²) in [5.41, 5.74) is 1.97. The van der Waals surface area contributed by atoms with Gasteiger partial charge in [-0.15, -0.1) is 0 Å². The Hall–Kier alpha value is -1.45. The predicted octanol–water partition coefficient (Wildman–Crippen LogP) is 4.08. The van der Waals surface area contributed by atoms with Crippen LogP contribution in [0.15, 0.2) is 30.3 Å². The zero-order chi connectivity index (χ0) is 14.2. The third kappa shape index (κ3) is 2.94. The van der Waals surface area contributed by atoms with Gasteiger partial charge in [-0.1, -0.05) is 11.6 Å². The summed E-state index contributed by atoms with van der Waals surface area (Å²) < 4.78 is 13.0. The maximum Gasteiger partial charge on any atom is 0.130 e. The quantitative estimate of drug-likeness (QED) is 0.841. The number of hydrogen-bond donors (Lipinski definition) is 1. The predicted molar refractivity (Wildman–Crippen MR) is 74.6 cm³/mol. The van der Waals surface area contributed by atoms with Crippen molar-refractivity contribution in [1.29, 1.82) is 0 Å². The van der Waals surface area contributed by atoms with Crippen LogP contribution in [0.2, 0.25) is 5.15 Å². The molecule has 0 aliphatic heterocycles. The molecule has 0 amide bonds. The first-order chi connectivity index (χ1) is 8.79. The molecule has 2 aromatic rings. The van der Waals surface area contributed by atoms with Crippen molar-refractivity contribution in [2.24, 2.45) is 0 Å². The Kier molecular flexibility index (Phi) is 3.61. The molecule has 0 aliphatic rings. The van der Waals surface area contributed by atoms with E-state index in [9.17, 15) is 9.50 Å². The average molecular weight is 280 g/mol. The summed E-state index contributed by atoms with van der Waals surface area (Å²) in [5.74, 6) is -0.300. The molecule has 0 aliphatic carbocycles. The van der Waals surface area contributed by atoms with Gasteiger partial charge in [0.15, 0.2) is 0 Å². The molecule has 0 fully saturated rings. The van der Waals surface area contributed by atoms with Crippen LogP contribution in [-0.4, -0.2) is 10.1 Å². The van der Waals surface area contributed by atoms with E-state index in [1.807, 2.05) is 6.92 Å². The minimum absolute atomic E-state index is 0.300. The third-order valence-electron chi connectivity index (χ3n) is 3.02. The molecule has 4 heteroatoms. The van der Waals surface area contributed by atoms with E-state index < -0.39 is 5.60 Å². The molecular formula is C15H15ClFNO. The van der Waals surface area contributed by atoms with Crippen LogP contribution in [0.3, 0.4) is 0 Å². The van der Waals surface area contributed by atoms with Crippen LogP contribution in [0.5, 0.6) is 0 Å². The number of aromatic nitrogens is 1. The molecule has 1 aromatic heterocycles. The summed E-state index contributed by atoms with van der Waals surface area (Å²) in [6.07, 6.45) is 0. The SMILES string of the molecule is Cc1c(C(C)(C)O)cc(Cl)nc1-c1ccc(F)cc1. The van der Waals surface area contributed by atoms with Crippen LogP contribution in [0, 0.1) is 12.7 Å². The van der Waals surface area contributed by atoms with E-state index in [0.717, 1.165) is 11.1 Å². The molecule has 2 rings (SSSR count). The second-order valence-electron chi connectivity index (χ2n) is 5.03. The Morgan fingerprint density at radius 1 is 1.21 bits per heavy atom. The normalized spacial score (nSPS) is 11.7. The Morgan fingerprint density at radius 2 is 1.79 bits per heavy atom. The number of pyridine rings is 1. The van der Waals surface area contributed by atoms with Crippen molar-refractivity contribution >= 4 is 11.6 Å². The van der Waals surface area contributed by atoms with Gasteiger partial charge in [0.2, 0.25) is 0 Å². The number of rotatable bonds is 2. The molecular weight excluding hydrogens is 265 g/mol. The monoisotopic (exact) mass is 279 g/mol. The number of aliphatic hydroxyl groups is 1. The van der Waals surface area contributed by atoms with Gasteiger partial charge >= 0.3 is 0 Å². The van der Waals surface area contributed by atoms with E-state index >= 15 is 0 Å². The molecule has 0 atom stereocenters. The maximum atomic E-state index is 13.0. The van der Waals surface area contributed by atoms with Crippen LogP contribution < -0.4 is 0 Å². The molecule has 0 saturated heterocycles. The second kappa shape index (κ2) is 4.91. The van der Waals surface area contributed by atoms with Crippen molar-refractivity contribution in [2.75, 3.05) is 0 Å². The summed E-state index contributed by atoms with van der Waals surface area (Å²) in [5, 5.41) is 10.5. The lowest BCUT2D eigenvalue weighted by Gasteiger charge is -2.22. The molecule has 0 unspecified atom stereocenters. The number of hydrogen-bond acceptors (Lipinski definition) is 2. The molecule has 1 N–H and O–H groups in total. The highest BCUT2D eigenvalue weighted by atomic mass is 35.5. The Bertz CT molecular complexity index is 603. The zero-order valence-corrected chi connectivity index (χ0v) is 11.8. The van der Waals surface area contributed by atoms with Gasteiger partial charge in [-0.2, -0.15) is 0 Å². The van der Waals surface area contributed by atoms with Gasteiger partial charge in [0, 0.05) is 5.56 Å². The van der Waals surface area contributed by atoms with Gasteiger partial charge in [-0.25, -0.2) is 9.37 Å². The Labute approximate surface area is 116 Å². The van der Waals surface area contributed by atoms with Crippen molar-refractivity contribution in [2.45, 2.75) is 26.4 Å². The first-order valence-corrected chi connectivity index (χ1v) is 6.33. The summed E-state index contributed by atoms with van der Waals surface area (Å²) >= 11 is 6.01. The topological polar surface area (TPSA) is 33.1 Å². The van der Waals surface area contributed by atoms with Gasteiger partial charge in [0.1, 0.15) is 11.0 Å². The summed E-state index contributed by atoms with van der Waals surface area (Å²) in [4.78, 5) is 4.28. The number of nitrogens with zero attached hydrogens (tertiary/aromatic N) is 1. The fraction of sp³-hybridized carbons (Fsp3) is 0.267. The fourth-order valence-electron chi connectivity index (χ4n) is 2.10. The van der Waals surface area contributed by atoms with Crippen molar-refractivity contribution in [3.8, 4) is 11.3 Å². The minimum Gasteiger partial charge on any atom is -0.386 e. The second-order valence-corrected chi connectivity index (χ2v) is 5.42. The standard InChI is InChI=1S/C15H15ClFNO/c1-9-12(15(2,3)19)8-13(16)18-14(9)10-4-6-11(17)7-5-10/h4-8,19H,1-3H3. The van der Waals surface area contributed by atoms with Crippen molar-refractivity contribution in [3.63, 3.8) is 0 Å². The highest BCUT2D eigenvalue weighted by Gasteiger charge is 2.22. The number of benzene rings is 1. The van der Waals surface area contributed by atoms with Crippen molar-refractivity contribution < 1.29 is 9.50 Å². The maximum absolute atomic E-state index is 13.0. The fourth-order valence-corrected chi connectivity index (χ4v) is 2.30. The van der Waals surface area contributed by atoms with Crippen LogP contribution in [0.1, 0.15) is 25.0 Å². The van der Waals surface area contributed by atoms with E-state index in [4.69, 9.17) is 11.6 Å². The minimum atomic E-state index is -1.01. The summed E-state index contributed by atoms with van der Waals surface area (Å²) in [6.45, 7) is 5.26. The molecule has 100 valence electrons. The van der Waals surface area contributed by atoms with Gasteiger partial charge in [0.05, 0.1) is 11.3 Å². The third-order valence-corrected chi connectivity index (χ3v) is 3.21.